The molecule has 1 fully saturated rings. The van der Waals surface area contributed by atoms with E-state index in [0.29, 0.717) is 37.4 Å². The standard InChI is InChI=1S/C27H28F6N4O3/c28-26(29,30)21-5-1-3-19(13-21)15-37(16-20-4-2-6-22(14-20)27(31,32)33)17-24-35-23(18-40-24)25(38)34-7-8-36-9-11-39-12-10-36/h1-6,13-14,18H,7-12,15-17H2,(H,34,38). The summed E-state index contributed by atoms with van der Waals surface area (Å²) >= 11 is 0. The van der Waals surface area contributed by atoms with E-state index in [0.717, 1.165) is 37.4 Å². The molecule has 0 saturated carbocycles. The maximum atomic E-state index is 13.2. The van der Waals surface area contributed by atoms with Crippen molar-refractivity contribution in [3.63, 3.8) is 0 Å². The van der Waals surface area contributed by atoms with Crippen LogP contribution in [-0.4, -0.2) is 60.1 Å². The Bertz CT molecular complexity index is 1210. The molecular formula is C27H28F6N4O3. The number of halogens is 6. The maximum Gasteiger partial charge on any atom is 0.416 e. The van der Waals surface area contributed by atoms with E-state index in [-0.39, 0.29) is 31.2 Å². The number of hydrogen-bond acceptors (Lipinski definition) is 6. The number of oxazole rings is 1. The van der Waals surface area contributed by atoms with Gasteiger partial charge < -0.3 is 14.5 Å². The van der Waals surface area contributed by atoms with E-state index >= 15 is 0 Å². The summed E-state index contributed by atoms with van der Waals surface area (Å²) < 4.78 is 90.2. The summed E-state index contributed by atoms with van der Waals surface area (Å²) in [7, 11) is 0. The van der Waals surface area contributed by atoms with Gasteiger partial charge in [-0.3, -0.25) is 14.6 Å². The average molecular weight is 571 g/mol. The summed E-state index contributed by atoms with van der Waals surface area (Å²) in [5, 5.41) is 2.76. The minimum Gasteiger partial charge on any atom is -0.447 e. The highest BCUT2D eigenvalue weighted by Gasteiger charge is 2.31. The summed E-state index contributed by atoms with van der Waals surface area (Å²) in [5.41, 5.74) is -1.05. The maximum absolute atomic E-state index is 13.2. The fourth-order valence-electron chi connectivity index (χ4n) is 4.30. The molecule has 40 heavy (non-hydrogen) atoms. The predicted molar refractivity (Wildman–Crippen MR) is 132 cm³/mol. The second-order valence-corrected chi connectivity index (χ2v) is 9.38. The van der Waals surface area contributed by atoms with E-state index in [1.165, 1.54) is 30.5 Å². The molecule has 0 atom stereocenters. The van der Waals surface area contributed by atoms with Crippen LogP contribution in [0.1, 0.15) is 38.6 Å². The topological polar surface area (TPSA) is 70.8 Å². The van der Waals surface area contributed by atoms with Gasteiger partial charge in [0, 0.05) is 39.3 Å². The van der Waals surface area contributed by atoms with Crippen molar-refractivity contribution in [2.45, 2.75) is 32.0 Å². The van der Waals surface area contributed by atoms with E-state index in [2.05, 4.69) is 15.2 Å². The number of morpholine rings is 1. The molecule has 0 unspecified atom stereocenters. The molecule has 4 rings (SSSR count). The third kappa shape index (κ3) is 8.54. The van der Waals surface area contributed by atoms with Gasteiger partial charge in [-0.05, 0) is 23.3 Å². The van der Waals surface area contributed by atoms with E-state index in [9.17, 15) is 31.1 Å². The first-order chi connectivity index (χ1) is 19.0. The van der Waals surface area contributed by atoms with Gasteiger partial charge >= 0.3 is 12.4 Å². The minimum atomic E-state index is -4.55. The summed E-state index contributed by atoms with van der Waals surface area (Å²) in [4.78, 5) is 20.5. The SMILES string of the molecule is O=C(NCCN1CCOCC1)c1coc(CN(Cc2cccc(C(F)(F)F)c2)Cc2cccc(C(F)(F)F)c2)n1. The molecule has 216 valence electrons. The number of carbonyl (C=O) groups excluding carboxylic acids is 1. The highest BCUT2D eigenvalue weighted by atomic mass is 19.4. The van der Waals surface area contributed by atoms with E-state index in [4.69, 9.17) is 9.15 Å². The Kier molecular flexibility index (Phi) is 9.48. The molecule has 1 saturated heterocycles. The van der Waals surface area contributed by atoms with Crippen LogP contribution in [0.15, 0.2) is 59.2 Å². The molecule has 13 heteroatoms. The van der Waals surface area contributed by atoms with Crippen LogP contribution in [0.2, 0.25) is 0 Å². The van der Waals surface area contributed by atoms with Crippen LogP contribution in [0.5, 0.6) is 0 Å². The van der Waals surface area contributed by atoms with Gasteiger partial charge in [0.1, 0.15) is 6.26 Å². The van der Waals surface area contributed by atoms with Gasteiger partial charge in [0.05, 0.1) is 30.9 Å². The largest absolute Gasteiger partial charge is 0.447 e. The Morgan fingerprint density at radius 1 is 0.900 bits per heavy atom. The Hall–Kier alpha value is -3.42. The van der Waals surface area contributed by atoms with Crippen LogP contribution in [0.25, 0.3) is 0 Å². The number of aromatic nitrogens is 1. The van der Waals surface area contributed by atoms with Crippen LogP contribution in [0.3, 0.4) is 0 Å². The molecule has 0 spiro atoms. The lowest BCUT2D eigenvalue weighted by atomic mass is 10.1. The van der Waals surface area contributed by atoms with Crippen molar-refractivity contribution >= 4 is 5.91 Å². The summed E-state index contributed by atoms with van der Waals surface area (Å²) in [6, 6.07) is 9.40. The molecule has 0 aliphatic carbocycles. The summed E-state index contributed by atoms with van der Waals surface area (Å²) in [6.07, 6.45) is -7.92. The van der Waals surface area contributed by atoms with Crippen molar-refractivity contribution in [2.75, 3.05) is 39.4 Å². The lowest BCUT2D eigenvalue weighted by Gasteiger charge is -2.26. The molecule has 1 N–H and O–H groups in total. The van der Waals surface area contributed by atoms with Gasteiger partial charge in [-0.2, -0.15) is 26.3 Å². The molecule has 1 amide bonds. The first kappa shape index (κ1) is 29.6. The molecular weight excluding hydrogens is 542 g/mol. The lowest BCUT2D eigenvalue weighted by molar-refractivity contribution is -0.138. The number of hydrogen-bond donors (Lipinski definition) is 1. The Balaban J connectivity index is 1.46. The number of nitrogens with one attached hydrogen (secondary N) is 1. The number of alkyl halides is 6. The molecule has 0 radical (unpaired) electrons. The average Bonchev–Trinajstić information content (AvgIpc) is 3.37. The molecule has 3 aromatic rings. The molecule has 1 aliphatic heterocycles. The van der Waals surface area contributed by atoms with Crippen molar-refractivity contribution in [1.82, 2.24) is 20.1 Å². The molecule has 1 aromatic heterocycles. The van der Waals surface area contributed by atoms with Crippen molar-refractivity contribution in [3.05, 3.63) is 88.6 Å². The number of benzene rings is 2. The summed E-state index contributed by atoms with van der Waals surface area (Å²) in [6.45, 7) is 3.71. The first-order valence-electron chi connectivity index (χ1n) is 12.5. The number of ether oxygens (including phenoxy) is 1. The number of nitrogens with zero attached hydrogens (tertiary/aromatic N) is 3. The Labute approximate surface area is 226 Å². The van der Waals surface area contributed by atoms with Crippen molar-refractivity contribution in [1.29, 1.82) is 0 Å². The fraction of sp³-hybridized carbons (Fsp3) is 0.407. The van der Waals surface area contributed by atoms with E-state index in [1.54, 1.807) is 4.90 Å². The normalized spacial score (nSPS) is 15.0. The third-order valence-electron chi connectivity index (χ3n) is 6.28. The zero-order chi connectivity index (χ0) is 28.8. The van der Waals surface area contributed by atoms with Crippen LogP contribution in [0, 0.1) is 0 Å². The fourth-order valence-corrected chi connectivity index (χ4v) is 4.30. The molecule has 7 nitrogen and oxygen atoms in total. The van der Waals surface area contributed by atoms with Crippen molar-refractivity contribution in [2.24, 2.45) is 0 Å². The highest BCUT2D eigenvalue weighted by Crippen LogP contribution is 2.31. The zero-order valence-corrected chi connectivity index (χ0v) is 21.4. The summed E-state index contributed by atoms with van der Waals surface area (Å²) in [5.74, 6) is -0.358. The first-order valence-corrected chi connectivity index (χ1v) is 12.5. The molecule has 0 bridgehead atoms. The van der Waals surface area contributed by atoms with Crippen LogP contribution >= 0.6 is 0 Å². The smallest absolute Gasteiger partial charge is 0.416 e. The van der Waals surface area contributed by atoms with Gasteiger partial charge in [-0.1, -0.05) is 36.4 Å². The molecule has 2 heterocycles. The van der Waals surface area contributed by atoms with Crippen molar-refractivity contribution in [3.8, 4) is 0 Å². The number of amides is 1. The zero-order valence-electron chi connectivity index (χ0n) is 21.4. The van der Waals surface area contributed by atoms with Gasteiger partial charge in [-0.15, -0.1) is 0 Å². The number of carbonyl (C=O) groups is 1. The van der Waals surface area contributed by atoms with Crippen LogP contribution in [-0.2, 0) is 36.7 Å². The van der Waals surface area contributed by atoms with Crippen molar-refractivity contribution < 1.29 is 40.3 Å². The van der Waals surface area contributed by atoms with Gasteiger partial charge in [0.15, 0.2) is 5.69 Å². The Morgan fingerprint density at radius 2 is 1.48 bits per heavy atom. The second kappa shape index (κ2) is 12.8. The number of rotatable bonds is 10. The monoisotopic (exact) mass is 570 g/mol. The quantitative estimate of drug-likeness (QED) is 0.347. The lowest BCUT2D eigenvalue weighted by Crippen LogP contribution is -2.41. The Morgan fingerprint density at radius 3 is 2.02 bits per heavy atom. The predicted octanol–water partition coefficient (Wildman–Crippen LogP) is 4.98. The highest BCUT2D eigenvalue weighted by molar-refractivity contribution is 5.91. The van der Waals surface area contributed by atoms with E-state index < -0.39 is 29.4 Å². The van der Waals surface area contributed by atoms with Gasteiger partial charge in [0.2, 0.25) is 5.89 Å². The minimum absolute atomic E-state index is 0.0232. The molecule has 1 aliphatic rings. The molecule has 2 aromatic carbocycles. The second-order valence-electron chi connectivity index (χ2n) is 9.38. The third-order valence-corrected chi connectivity index (χ3v) is 6.28. The van der Waals surface area contributed by atoms with Crippen LogP contribution < -0.4 is 5.32 Å². The van der Waals surface area contributed by atoms with Gasteiger partial charge in [0.25, 0.3) is 5.91 Å². The van der Waals surface area contributed by atoms with E-state index in [1.807, 2.05) is 0 Å². The van der Waals surface area contributed by atoms with Gasteiger partial charge in [-0.25, -0.2) is 4.98 Å². The van der Waals surface area contributed by atoms with Crippen LogP contribution in [0.4, 0.5) is 26.3 Å².